The van der Waals surface area contributed by atoms with Gasteiger partial charge in [0.15, 0.2) is 10.6 Å². The number of nitrogens with zero attached hydrogens (tertiary/aromatic N) is 5. The molecule has 9 nitrogen and oxygen atoms in total. The van der Waals surface area contributed by atoms with Crippen LogP contribution >= 0.6 is 12.2 Å². The molecule has 0 saturated heterocycles. The van der Waals surface area contributed by atoms with Crippen LogP contribution in [0.2, 0.25) is 0 Å². The number of aromatic amines is 1. The van der Waals surface area contributed by atoms with E-state index in [9.17, 15) is 9.59 Å². The first-order valence-electron chi connectivity index (χ1n) is 8.75. The summed E-state index contributed by atoms with van der Waals surface area (Å²) in [6.07, 6.45) is 0. The van der Waals surface area contributed by atoms with Gasteiger partial charge in [-0.15, -0.1) is 5.10 Å². The zero-order valence-electron chi connectivity index (χ0n) is 15.9. The second-order valence-corrected chi connectivity index (χ2v) is 7.03. The number of aromatic nitrogens is 6. The summed E-state index contributed by atoms with van der Waals surface area (Å²) in [5.74, 6) is 0.332. The van der Waals surface area contributed by atoms with Crippen molar-refractivity contribution in [2.45, 2.75) is 13.8 Å². The van der Waals surface area contributed by atoms with Crippen molar-refractivity contribution in [2.75, 3.05) is 5.32 Å². The Kier molecular flexibility index (Phi) is 4.55. The van der Waals surface area contributed by atoms with Gasteiger partial charge in [-0.25, -0.2) is 0 Å². The molecule has 2 aromatic heterocycles. The molecule has 10 heteroatoms. The summed E-state index contributed by atoms with van der Waals surface area (Å²) in [4.78, 5) is 28.0. The minimum atomic E-state index is -0.310. The number of hydrogen-bond acceptors (Lipinski definition) is 6. The minimum Gasteiger partial charge on any atom is -0.332 e. The fourth-order valence-corrected chi connectivity index (χ4v) is 3.21. The molecule has 0 aliphatic heterocycles. The number of carbonyl (C=O) groups is 1. The zero-order chi connectivity index (χ0) is 20.7. The van der Waals surface area contributed by atoms with Crippen molar-refractivity contribution in [3.05, 3.63) is 68.5 Å². The fourth-order valence-electron chi connectivity index (χ4n) is 3.02. The zero-order valence-corrected chi connectivity index (χ0v) is 16.7. The molecule has 2 N–H and O–H groups in total. The van der Waals surface area contributed by atoms with Gasteiger partial charge in [-0.1, -0.05) is 6.07 Å². The van der Waals surface area contributed by atoms with Crippen molar-refractivity contribution in [3.8, 4) is 5.69 Å². The van der Waals surface area contributed by atoms with Crippen molar-refractivity contribution in [1.82, 2.24) is 29.8 Å². The number of rotatable bonds is 3. The third-order valence-electron chi connectivity index (χ3n) is 4.68. The maximum absolute atomic E-state index is 12.8. The number of amides is 1. The Hall–Kier alpha value is -3.66. The molecule has 4 rings (SSSR count). The fraction of sp³-hybridized carbons (Fsp3) is 0.158. The number of benzene rings is 2. The third kappa shape index (κ3) is 3.34. The predicted molar refractivity (Wildman–Crippen MR) is 111 cm³/mol. The van der Waals surface area contributed by atoms with Crippen molar-refractivity contribution in [3.63, 3.8) is 0 Å². The van der Waals surface area contributed by atoms with Crippen LogP contribution in [0.4, 0.5) is 5.69 Å². The molecular formula is C19H17N7O2S. The second kappa shape index (κ2) is 7.06. The molecule has 29 heavy (non-hydrogen) atoms. The highest BCUT2D eigenvalue weighted by Crippen LogP contribution is 2.20. The molecule has 0 spiro atoms. The first-order chi connectivity index (χ1) is 13.8. The first kappa shape index (κ1) is 18.7. The van der Waals surface area contributed by atoms with E-state index in [1.807, 2.05) is 13.0 Å². The van der Waals surface area contributed by atoms with Crippen molar-refractivity contribution < 1.29 is 4.79 Å². The molecule has 2 heterocycles. The summed E-state index contributed by atoms with van der Waals surface area (Å²) in [6, 6.07) is 10.3. The minimum absolute atomic E-state index is 0.212. The number of carbonyl (C=O) groups excluding carboxylic acids is 1. The molecule has 0 atom stereocenters. The summed E-state index contributed by atoms with van der Waals surface area (Å²) in [7, 11) is 1.60. The lowest BCUT2D eigenvalue weighted by Crippen LogP contribution is -2.19. The van der Waals surface area contributed by atoms with Crippen molar-refractivity contribution in [1.29, 1.82) is 0 Å². The molecule has 0 fully saturated rings. The molecule has 0 bridgehead atoms. The quantitative estimate of drug-likeness (QED) is 0.505. The summed E-state index contributed by atoms with van der Waals surface area (Å²) in [5.41, 5.74) is 3.04. The van der Waals surface area contributed by atoms with Gasteiger partial charge in [0.1, 0.15) is 0 Å². The Morgan fingerprint density at radius 3 is 2.69 bits per heavy atom. The lowest BCUT2D eigenvalue weighted by Gasteiger charge is -2.11. The van der Waals surface area contributed by atoms with E-state index in [2.05, 4.69) is 25.8 Å². The SMILES string of the molecule is Cc1ccc(NC(=O)c2ccc3c(=O)n(C)c(=S)[nH]c3c2)cc1-n1nnnc1C. The highest BCUT2D eigenvalue weighted by molar-refractivity contribution is 7.71. The van der Waals surface area contributed by atoms with Gasteiger partial charge in [0.25, 0.3) is 11.5 Å². The summed E-state index contributed by atoms with van der Waals surface area (Å²) in [6.45, 7) is 3.74. The maximum Gasteiger partial charge on any atom is 0.261 e. The molecule has 0 aliphatic carbocycles. The van der Waals surface area contributed by atoms with E-state index in [1.54, 1.807) is 49.0 Å². The van der Waals surface area contributed by atoms with Crippen LogP contribution in [0.15, 0.2) is 41.2 Å². The van der Waals surface area contributed by atoms with Crippen molar-refractivity contribution >= 4 is 34.7 Å². The molecule has 2 aromatic carbocycles. The normalized spacial score (nSPS) is 11.0. The molecule has 146 valence electrons. The largest absolute Gasteiger partial charge is 0.332 e. The van der Waals surface area contributed by atoms with E-state index in [1.165, 1.54) is 4.57 Å². The van der Waals surface area contributed by atoms with Crippen LogP contribution in [0.5, 0.6) is 0 Å². The number of anilines is 1. The van der Waals surface area contributed by atoms with E-state index in [-0.39, 0.29) is 11.5 Å². The Bertz CT molecular complexity index is 1380. The standard InChI is InChI=1S/C19H17N7O2S/c1-10-4-6-13(9-16(10)26-11(2)22-23-24-26)20-17(27)12-5-7-14-15(8-12)21-19(29)25(3)18(14)28/h4-9H,1-3H3,(H,20,27)(H,21,29). The average Bonchev–Trinajstić information content (AvgIpc) is 3.13. The van der Waals surface area contributed by atoms with Gasteiger partial charge in [-0.05, 0) is 72.4 Å². The molecule has 0 unspecified atom stereocenters. The number of nitrogens with one attached hydrogen (secondary N) is 2. The predicted octanol–water partition coefficient (Wildman–Crippen LogP) is 2.44. The van der Waals surface area contributed by atoms with Crippen LogP contribution < -0.4 is 10.9 Å². The van der Waals surface area contributed by atoms with Gasteiger partial charge in [0, 0.05) is 18.3 Å². The number of aryl methyl sites for hydroxylation is 2. The number of hydrogen-bond donors (Lipinski definition) is 2. The monoisotopic (exact) mass is 407 g/mol. The Balaban J connectivity index is 1.68. The van der Waals surface area contributed by atoms with E-state index >= 15 is 0 Å². The molecule has 0 aliphatic rings. The van der Waals surface area contributed by atoms with E-state index in [4.69, 9.17) is 12.2 Å². The lowest BCUT2D eigenvalue weighted by molar-refractivity contribution is 0.102. The van der Waals surface area contributed by atoms with Crippen LogP contribution in [0.25, 0.3) is 16.6 Å². The second-order valence-electron chi connectivity index (χ2n) is 6.65. The third-order valence-corrected chi connectivity index (χ3v) is 5.06. The van der Waals surface area contributed by atoms with Crippen LogP contribution in [-0.4, -0.2) is 35.7 Å². The molecular weight excluding hydrogens is 390 g/mol. The van der Waals surface area contributed by atoms with Crippen molar-refractivity contribution in [2.24, 2.45) is 7.05 Å². The van der Waals surface area contributed by atoms with Gasteiger partial charge in [0.05, 0.1) is 16.6 Å². The topological polar surface area (TPSA) is 110 Å². The molecule has 4 aromatic rings. The Labute approximate surface area is 170 Å². The van der Waals surface area contributed by atoms with Gasteiger partial charge in [-0.2, -0.15) is 4.68 Å². The van der Waals surface area contributed by atoms with E-state index < -0.39 is 0 Å². The highest BCUT2D eigenvalue weighted by Gasteiger charge is 2.12. The summed E-state index contributed by atoms with van der Waals surface area (Å²) < 4.78 is 3.25. The maximum atomic E-state index is 12.8. The molecule has 0 radical (unpaired) electrons. The Morgan fingerprint density at radius 1 is 1.17 bits per heavy atom. The van der Waals surface area contributed by atoms with Crippen LogP contribution in [0, 0.1) is 18.6 Å². The average molecular weight is 407 g/mol. The number of fused-ring (bicyclic) bond motifs is 1. The lowest BCUT2D eigenvalue weighted by atomic mass is 10.1. The molecule has 1 amide bonds. The van der Waals surface area contributed by atoms with Crippen LogP contribution in [-0.2, 0) is 7.05 Å². The number of tetrazole rings is 1. The Morgan fingerprint density at radius 2 is 1.97 bits per heavy atom. The molecule has 0 saturated carbocycles. The smallest absolute Gasteiger partial charge is 0.261 e. The van der Waals surface area contributed by atoms with Crippen LogP contribution in [0.1, 0.15) is 21.7 Å². The summed E-state index contributed by atoms with van der Waals surface area (Å²) in [5, 5.41) is 14.9. The first-order valence-corrected chi connectivity index (χ1v) is 9.16. The highest BCUT2D eigenvalue weighted by atomic mass is 32.1. The number of H-pyrrole nitrogens is 1. The summed E-state index contributed by atoms with van der Waals surface area (Å²) >= 11 is 5.15. The van der Waals surface area contributed by atoms with E-state index in [0.29, 0.717) is 32.7 Å². The van der Waals surface area contributed by atoms with Gasteiger partial charge in [-0.3, -0.25) is 14.2 Å². The van der Waals surface area contributed by atoms with Gasteiger partial charge < -0.3 is 10.3 Å². The van der Waals surface area contributed by atoms with Crippen LogP contribution in [0.3, 0.4) is 0 Å². The van der Waals surface area contributed by atoms with Gasteiger partial charge in [0.2, 0.25) is 0 Å². The van der Waals surface area contributed by atoms with E-state index in [0.717, 1.165) is 11.3 Å². The van der Waals surface area contributed by atoms with Gasteiger partial charge >= 0.3 is 0 Å².